The molecule has 0 spiro atoms. The molecule has 1 aromatic carbocycles. The van der Waals surface area contributed by atoms with Gasteiger partial charge in [-0.3, -0.25) is 4.79 Å². The molecular weight excluding hydrogens is 292 g/mol. The molecule has 1 N–H and O–H groups in total. The minimum atomic E-state index is -0.0963. The number of halogens is 1. The smallest absolute Gasteiger partial charge is 0.235 e. The fourth-order valence-corrected chi connectivity index (χ4v) is 3.66. The molecule has 0 radical (unpaired) electrons. The van der Waals surface area contributed by atoms with Crippen LogP contribution in [0.3, 0.4) is 0 Å². The van der Waals surface area contributed by atoms with Crippen LogP contribution >= 0.6 is 23.4 Å². The quantitative estimate of drug-likeness (QED) is 0.867. The molecule has 1 unspecified atom stereocenters. The summed E-state index contributed by atoms with van der Waals surface area (Å²) < 4.78 is 0. The Labute approximate surface area is 130 Å². The fourth-order valence-electron chi connectivity index (χ4n) is 2.43. The van der Waals surface area contributed by atoms with E-state index in [1.165, 1.54) is 11.8 Å². The SMILES string of the molecule is CNC1CCN(C(=O)C(C)Sc2ccccc2Cl)CC1. The highest BCUT2D eigenvalue weighted by Gasteiger charge is 2.26. The molecule has 1 saturated heterocycles. The van der Waals surface area contributed by atoms with E-state index in [4.69, 9.17) is 11.6 Å². The van der Waals surface area contributed by atoms with Crippen LogP contribution in [0, 0.1) is 0 Å². The van der Waals surface area contributed by atoms with Crippen molar-refractivity contribution >= 4 is 29.3 Å². The molecule has 0 bridgehead atoms. The van der Waals surface area contributed by atoms with Crippen molar-refractivity contribution in [3.8, 4) is 0 Å². The van der Waals surface area contributed by atoms with E-state index in [2.05, 4.69) is 5.32 Å². The second kappa shape index (κ2) is 7.34. The van der Waals surface area contributed by atoms with Crippen molar-refractivity contribution in [2.24, 2.45) is 0 Å². The Hall–Kier alpha value is -0.710. The molecule has 1 aliphatic rings. The molecule has 3 nitrogen and oxygen atoms in total. The van der Waals surface area contributed by atoms with E-state index in [0.717, 1.165) is 30.8 Å². The lowest BCUT2D eigenvalue weighted by atomic mass is 10.1. The van der Waals surface area contributed by atoms with E-state index >= 15 is 0 Å². The first-order chi connectivity index (χ1) is 9.61. The minimum absolute atomic E-state index is 0.0963. The molecule has 1 atom stereocenters. The predicted octanol–water partition coefficient (Wildman–Crippen LogP) is 3.03. The highest BCUT2D eigenvalue weighted by atomic mass is 35.5. The van der Waals surface area contributed by atoms with Gasteiger partial charge in [-0.25, -0.2) is 0 Å². The van der Waals surface area contributed by atoms with Crippen molar-refractivity contribution in [3.63, 3.8) is 0 Å². The maximum absolute atomic E-state index is 12.5. The van der Waals surface area contributed by atoms with Gasteiger partial charge in [-0.1, -0.05) is 23.7 Å². The summed E-state index contributed by atoms with van der Waals surface area (Å²) in [7, 11) is 1.98. The molecule has 0 saturated carbocycles. The number of nitrogens with zero attached hydrogens (tertiary/aromatic N) is 1. The van der Waals surface area contributed by atoms with E-state index < -0.39 is 0 Å². The van der Waals surface area contributed by atoms with Crippen LogP contribution in [0.5, 0.6) is 0 Å². The van der Waals surface area contributed by atoms with Gasteiger partial charge < -0.3 is 10.2 Å². The summed E-state index contributed by atoms with van der Waals surface area (Å²) >= 11 is 7.68. The number of thioether (sulfide) groups is 1. The first kappa shape index (κ1) is 15.7. The zero-order valence-corrected chi connectivity index (χ0v) is 13.5. The molecule has 1 aromatic rings. The Balaban J connectivity index is 1.91. The molecule has 5 heteroatoms. The maximum atomic E-state index is 12.5. The van der Waals surface area contributed by atoms with Crippen LogP contribution < -0.4 is 5.32 Å². The van der Waals surface area contributed by atoms with E-state index in [-0.39, 0.29) is 11.2 Å². The van der Waals surface area contributed by atoms with Crippen LogP contribution in [0.4, 0.5) is 0 Å². The standard InChI is InChI=1S/C15H21ClN2OS/c1-11(20-14-6-4-3-5-13(14)16)15(19)18-9-7-12(17-2)8-10-18/h3-6,11-12,17H,7-10H2,1-2H3. The van der Waals surface area contributed by atoms with Gasteiger partial charge in [0.25, 0.3) is 0 Å². The Morgan fingerprint density at radius 3 is 2.65 bits per heavy atom. The number of piperidine rings is 1. The van der Waals surface area contributed by atoms with Crippen LogP contribution in [0.25, 0.3) is 0 Å². The lowest BCUT2D eigenvalue weighted by Gasteiger charge is -2.33. The Morgan fingerprint density at radius 1 is 1.40 bits per heavy atom. The molecule has 0 aromatic heterocycles. The molecule has 0 aliphatic carbocycles. The van der Waals surface area contributed by atoms with Crippen LogP contribution in [-0.4, -0.2) is 42.2 Å². The van der Waals surface area contributed by atoms with Gasteiger partial charge in [0.15, 0.2) is 0 Å². The Kier molecular flexibility index (Phi) is 5.75. The third kappa shape index (κ3) is 3.90. The van der Waals surface area contributed by atoms with E-state index in [0.29, 0.717) is 11.1 Å². The van der Waals surface area contributed by atoms with Gasteiger partial charge in [-0.2, -0.15) is 0 Å². The number of likely N-dealkylation sites (tertiary alicyclic amines) is 1. The molecule has 1 aliphatic heterocycles. The van der Waals surface area contributed by atoms with Gasteiger partial charge in [0.2, 0.25) is 5.91 Å². The number of rotatable bonds is 4. The number of amides is 1. The zero-order chi connectivity index (χ0) is 14.5. The van der Waals surface area contributed by atoms with Gasteiger partial charge in [0.05, 0.1) is 10.3 Å². The number of hydrogen-bond acceptors (Lipinski definition) is 3. The van der Waals surface area contributed by atoms with Crippen molar-refractivity contribution in [2.45, 2.75) is 36.0 Å². The second-order valence-electron chi connectivity index (χ2n) is 5.08. The Morgan fingerprint density at radius 2 is 2.05 bits per heavy atom. The van der Waals surface area contributed by atoms with Crippen molar-refractivity contribution in [1.82, 2.24) is 10.2 Å². The van der Waals surface area contributed by atoms with Gasteiger partial charge >= 0.3 is 0 Å². The highest BCUT2D eigenvalue weighted by molar-refractivity contribution is 8.00. The summed E-state index contributed by atoms with van der Waals surface area (Å²) in [6.45, 7) is 3.65. The van der Waals surface area contributed by atoms with E-state index in [1.54, 1.807) is 0 Å². The zero-order valence-electron chi connectivity index (χ0n) is 11.9. The van der Waals surface area contributed by atoms with Gasteiger partial charge in [0.1, 0.15) is 0 Å². The van der Waals surface area contributed by atoms with Crippen molar-refractivity contribution < 1.29 is 4.79 Å². The summed E-state index contributed by atoms with van der Waals surface area (Å²) in [5.41, 5.74) is 0. The lowest BCUT2D eigenvalue weighted by molar-refractivity contribution is -0.131. The monoisotopic (exact) mass is 312 g/mol. The number of carbonyl (C=O) groups excluding carboxylic acids is 1. The summed E-state index contributed by atoms with van der Waals surface area (Å²) in [6.07, 6.45) is 2.07. The number of nitrogens with one attached hydrogen (secondary N) is 1. The van der Waals surface area contributed by atoms with E-state index in [9.17, 15) is 4.79 Å². The average Bonchev–Trinajstić information content (AvgIpc) is 2.49. The largest absolute Gasteiger partial charge is 0.342 e. The normalized spacial score (nSPS) is 18.1. The van der Waals surface area contributed by atoms with Crippen molar-refractivity contribution in [3.05, 3.63) is 29.3 Å². The Bertz CT molecular complexity index is 461. The number of hydrogen-bond donors (Lipinski definition) is 1. The summed E-state index contributed by atoms with van der Waals surface area (Å²) in [5, 5.41) is 3.90. The molecule has 110 valence electrons. The van der Waals surface area contributed by atoms with Gasteiger partial charge in [0, 0.05) is 24.0 Å². The predicted molar refractivity (Wildman–Crippen MR) is 85.4 cm³/mol. The second-order valence-corrected chi connectivity index (χ2v) is 6.87. The minimum Gasteiger partial charge on any atom is -0.342 e. The topological polar surface area (TPSA) is 32.3 Å². The third-order valence-electron chi connectivity index (χ3n) is 3.70. The van der Waals surface area contributed by atoms with Crippen LogP contribution in [0.1, 0.15) is 19.8 Å². The van der Waals surface area contributed by atoms with Crippen LogP contribution in [0.15, 0.2) is 29.2 Å². The van der Waals surface area contributed by atoms with Gasteiger partial charge in [-0.15, -0.1) is 11.8 Å². The molecular formula is C15H21ClN2OS. The summed E-state index contributed by atoms with van der Waals surface area (Å²) in [4.78, 5) is 15.4. The lowest BCUT2D eigenvalue weighted by Crippen LogP contribution is -2.46. The highest BCUT2D eigenvalue weighted by Crippen LogP contribution is 2.31. The van der Waals surface area contributed by atoms with Crippen molar-refractivity contribution in [1.29, 1.82) is 0 Å². The van der Waals surface area contributed by atoms with E-state index in [1.807, 2.05) is 43.1 Å². The first-order valence-corrected chi connectivity index (χ1v) is 8.25. The third-order valence-corrected chi connectivity index (χ3v) is 5.31. The molecule has 1 amide bonds. The number of benzene rings is 1. The molecule has 20 heavy (non-hydrogen) atoms. The summed E-state index contributed by atoms with van der Waals surface area (Å²) in [5.74, 6) is 0.212. The van der Waals surface area contributed by atoms with Crippen LogP contribution in [-0.2, 0) is 4.79 Å². The van der Waals surface area contributed by atoms with Crippen molar-refractivity contribution in [2.75, 3.05) is 20.1 Å². The maximum Gasteiger partial charge on any atom is 0.235 e. The molecule has 2 rings (SSSR count). The van der Waals surface area contributed by atoms with Gasteiger partial charge in [-0.05, 0) is 38.9 Å². The fraction of sp³-hybridized carbons (Fsp3) is 0.533. The van der Waals surface area contributed by atoms with Crippen LogP contribution in [0.2, 0.25) is 5.02 Å². The molecule has 1 fully saturated rings. The number of carbonyl (C=O) groups is 1. The molecule has 1 heterocycles. The average molecular weight is 313 g/mol. The first-order valence-electron chi connectivity index (χ1n) is 6.99. The summed E-state index contributed by atoms with van der Waals surface area (Å²) in [6, 6.07) is 8.22.